The Bertz CT molecular complexity index is 1240. The number of carboxylic acid groups (broad SMARTS) is 2. The standard InChI is InChI=1S/C27H41N9O9/c1-3-15(2)23(30-20(37)10-12-22(40)41)25(43)29-17(9-11-21(38)39)26(44)36-18(24(42)28-13-19-31-33-34-32-19)14-35(27(36)45)16-7-5-4-6-8-16/h15-18,23H,3-14H2,1-2H3,(H,28,42)(H,29,43)(H,30,37)(H,38,39)(H,40,41)(H,31,32,33,34)/t15?,17?,18-,23?/m0/s1. The Labute approximate surface area is 259 Å². The quantitative estimate of drug-likeness (QED) is 0.135. The van der Waals surface area contributed by atoms with Crippen LogP contribution in [-0.2, 0) is 35.3 Å². The minimum absolute atomic E-state index is 0.0952. The molecule has 248 valence electrons. The number of aromatic amines is 1. The number of aliphatic carboxylic acids is 2. The fourth-order valence-electron chi connectivity index (χ4n) is 5.43. The van der Waals surface area contributed by atoms with Crippen molar-refractivity contribution in [1.82, 2.24) is 46.4 Å². The molecule has 2 fully saturated rings. The van der Waals surface area contributed by atoms with Crippen molar-refractivity contribution in [2.45, 2.75) is 109 Å². The van der Waals surface area contributed by atoms with Crippen molar-refractivity contribution in [1.29, 1.82) is 0 Å². The van der Waals surface area contributed by atoms with Crippen molar-refractivity contribution in [3.8, 4) is 0 Å². The normalized spacial score (nSPS) is 19.0. The van der Waals surface area contributed by atoms with Gasteiger partial charge in [0.1, 0.15) is 18.1 Å². The van der Waals surface area contributed by atoms with Gasteiger partial charge in [-0.1, -0.05) is 44.7 Å². The average Bonchev–Trinajstić information content (AvgIpc) is 3.67. The molecule has 0 spiro atoms. The highest BCUT2D eigenvalue weighted by Gasteiger charge is 2.49. The molecule has 18 heteroatoms. The largest absolute Gasteiger partial charge is 0.481 e. The van der Waals surface area contributed by atoms with E-state index in [-0.39, 0.29) is 31.4 Å². The van der Waals surface area contributed by atoms with Gasteiger partial charge in [0, 0.05) is 18.9 Å². The predicted molar refractivity (Wildman–Crippen MR) is 153 cm³/mol. The van der Waals surface area contributed by atoms with Crippen LogP contribution >= 0.6 is 0 Å². The van der Waals surface area contributed by atoms with E-state index in [1.165, 1.54) is 4.90 Å². The van der Waals surface area contributed by atoms with Gasteiger partial charge in [0.2, 0.25) is 17.7 Å². The van der Waals surface area contributed by atoms with Crippen LogP contribution in [0.25, 0.3) is 0 Å². The maximum absolute atomic E-state index is 14.0. The average molecular weight is 636 g/mol. The molecule has 3 rings (SSSR count). The van der Waals surface area contributed by atoms with E-state index in [4.69, 9.17) is 5.11 Å². The van der Waals surface area contributed by atoms with E-state index < -0.39 is 84.9 Å². The molecule has 45 heavy (non-hydrogen) atoms. The van der Waals surface area contributed by atoms with Crippen LogP contribution in [-0.4, -0.2) is 113 Å². The number of imide groups is 1. The van der Waals surface area contributed by atoms with E-state index in [9.17, 15) is 38.7 Å². The molecule has 6 amide bonds. The lowest BCUT2D eigenvalue weighted by Crippen LogP contribution is -2.58. The molecule has 1 saturated carbocycles. The molecular formula is C27H41N9O9. The first-order chi connectivity index (χ1) is 21.4. The van der Waals surface area contributed by atoms with Crippen molar-refractivity contribution in [2.24, 2.45) is 5.92 Å². The summed E-state index contributed by atoms with van der Waals surface area (Å²) in [6, 6.07) is -4.91. The zero-order valence-electron chi connectivity index (χ0n) is 25.4. The molecule has 1 aromatic rings. The Morgan fingerprint density at radius 2 is 1.69 bits per heavy atom. The Morgan fingerprint density at radius 1 is 1.00 bits per heavy atom. The van der Waals surface area contributed by atoms with E-state index in [0.717, 1.165) is 24.2 Å². The van der Waals surface area contributed by atoms with E-state index >= 15 is 0 Å². The van der Waals surface area contributed by atoms with Gasteiger partial charge in [-0.05, 0) is 25.2 Å². The summed E-state index contributed by atoms with van der Waals surface area (Å²) in [5, 5.41) is 39.1. The number of carbonyl (C=O) groups excluding carboxylic acids is 5. The van der Waals surface area contributed by atoms with Gasteiger partial charge in [-0.15, -0.1) is 10.2 Å². The molecule has 1 aromatic heterocycles. The minimum atomic E-state index is -1.53. The van der Waals surface area contributed by atoms with Gasteiger partial charge < -0.3 is 31.1 Å². The van der Waals surface area contributed by atoms with Gasteiger partial charge in [-0.3, -0.25) is 28.8 Å². The summed E-state index contributed by atoms with van der Waals surface area (Å²) >= 11 is 0. The highest BCUT2D eigenvalue weighted by Crippen LogP contribution is 2.29. The monoisotopic (exact) mass is 635 g/mol. The Morgan fingerprint density at radius 3 is 2.29 bits per heavy atom. The number of urea groups is 1. The number of nitrogens with one attached hydrogen (secondary N) is 4. The number of carboxylic acids is 2. The number of carbonyl (C=O) groups is 7. The van der Waals surface area contributed by atoms with Crippen molar-refractivity contribution in [3.63, 3.8) is 0 Å². The second kappa shape index (κ2) is 16.4. The third-order valence-corrected chi connectivity index (χ3v) is 8.14. The van der Waals surface area contributed by atoms with Crippen LogP contribution < -0.4 is 16.0 Å². The fraction of sp³-hybridized carbons (Fsp3) is 0.704. The number of H-pyrrole nitrogens is 1. The Hall–Kier alpha value is -4.64. The minimum Gasteiger partial charge on any atom is -0.481 e. The molecule has 18 nitrogen and oxygen atoms in total. The number of nitrogens with zero attached hydrogens (tertiary/aromatic N) is 5. The van der Waals surface area contributed by atoms with Crippen LogP contribution in [0.1, 0.15) is 83.9 Å². The first-order valence-corrected chi connectivity index (χ1v) is 15.1. The third-order valence-electron chi connectivity index (χ3n) is 8.14. The highest BCUT2D eigenvalue weighted by atomic mass is 16.4. The maximum atomic E-state index is 14.0. The fourth-order valence-corrected chi connectivity index (χ4v) is 5.43. The number of aromatic nitrogens is 4. The summed E-state index contributed by atoms with van der Waals surface area (Å²) in [7, 11) is 0. The number of hydrogen-bond donors (Lipinski definition) is 6. The van der Waals surface area contributed by atoms with Gasteiger partial charge in [-0.25, -0.2) is 9.69 Å². The van der Waals surface area contributed by atoms with Gasteiger partial charge in [0.15, 0.2) is 5.82 Å². The summed E-state index contributed by atoms with van der Waals surface area (Å²) < 4.78 is 0. The molecule has 6 N–H and O–H groups in total. The van der Waals surface area contributed by atoms with Crippen LogP contribution in [0.3, 0.4) is 0 Å². The second-order valence-electron chi connectivity index (χ2n) is 11.3. The van der Waals surface area contributed by atoms with Crippen LogP contribution in [0.15, 0.2) is 0 Å². The van der Waals surface area contributed by atoms with Gasteiger partial charge >= 0.3 is 18.0 Å². The lowest BCUT2D eigenvalue weighted by Gasteiger charge is -2.31. The van der Waals surface area contributed by atoms with E-state index in [1.807, 2.05) is 0 Å². The molecule has 2 aliphatic rings. The highest BCUT2D eigenvalue weighted by molar-refractivity contribution is 6.05. The molecule has 2 heterocycles. The van der Waals surface area contributed by atoms with Crippen molar-refractivity contribution in [2.75, 3.05) is 6.54 Å². The van der Waals surface area contributed by atoms with E-state index in [1.54, 1.807) is 13.8 Å². The van der Waals surface area contributed by atoms with Gasteiger partial charge in [0.25, 0.3) is 5.91 Å². The maximum Gasteiger partial charge on any atom is 0.327 e. The Kier molecular flexibility index (Phi) is 12.7. The molecule has 1 aliphatic carbocycles. The summed E-state index contributed by atoms with van der Waals surface area (Å²) in [6.07, 6.45) is 2.81. The molecular weight excluding hydrogens is 594 g/mol. The lowest BCUT2D eigenvalue weighted by atomic mass is 9.94. The molecule has 4 atom stereocenters. The van der Waals surface area contributed by atoms with Crippen LogP contribution in [0.4, 0.5) is 4.79 Å². The zero-order chi connectivity index (χ0) is 33.1. The third kappa shape index (κ3) is 9.67. The van der Waals surface area contributed by atoms with Crippen LogP contribution in [0, 0.1) is 5.92 Å². The number of tetrazole rings is 1. The molecule has 0 aromatic carbocycles. The first-order valence-electron chi connectivity index (χ1n) is 15.1. The number of amides is 6. The van der Waals surface area contributed by atoms with E-state index in [0.29, 0.717) is 19.3 Å². The summed E-state index contributed by atoms with van der Waals surface area (Å²) in [6.45, 7) is 3.21. The second-order valence-corrected chi connectivity index (χ2v) is 11.3. The first kappa shape index (κ1) is 34.8. The van der Waals surface area contributed by atoms with Crippen molar-refractivity contribution < 1.29 is 43.8 Å². The van der Waals surface area contributed by atoms with E-state index in [2.05, 4.69) is 36.6 Å². The smallest absolute Gasteiger partial charge is 0.327 e. The predicted octanol–water partition coefficient (Wildman–Crippen LogP) is -0.473. The van der Waals surface area contributed by atoms with Crippen LogP contribution in [0.2, 0.25) is 0 Å². The molecule has 0 radical (unpaired) electrons. The number of rotatable bonds is 16. The van der Waals surface area contributed by atoms with Crippen molar-refractivity contribution in [3.05, 3.63) is 5.82 Å². The van der Waals surface area contributed by atoms with Crippen molar-refractivity contribution >= 4 is 41.6 Å². The van der Waals surface area contributed by atoms with Gasteiger partial charge in [-0.2, -0.15) is 5.21 Å². The number of hydrogen-bond acceptors (Lipinski definition) is 10. The summed E-state index contributed by atoms with van der Waals surface area (Å²) in [5.74, 6) is -5.88. The topological polar surface area (TPSA) is 257 Å². The molecule has 1 saturated heterocycles. The molecule has 3 unspecified atom stereocenters. The summed E-state index contributed by atoms with van der Waals surface area (Å²) in [4.78, 5) is 91.7. The summed E-state index contributed by atoms with van der Waals surface area (Å²) in [5.41, 5.74) is 0. The SMILES string of the molecule is CCC(C)C(NC(=O)CCC(=O)O)C(=O)NC(CCC(=O)O)C(=O)N1C(=O)N(C2CCCCC2)C[C@H]1C(=O)NCc1nn[nH]n1. The molecule has 0 bridgehead atoms. The van der Waals surface area contributed by atoms with Gasteiger partial charge in [0.05, 0.1) is 19.5 Å². The Balaban J connectivity index is 1.86. The lowest BCUT2D eigenvalue weighted by molar-refractivity contribution is -0.141. The van der Waals surface area contributed by atoms with Crippen LogP contribution in [0.5, 0.6) is 0 Å². The zero-order valence-corrected chi connectivity index (χ0v) is 25.4. The molecule has 1 aliphatic heterocycles.